The van der Waals surface area contributed by atoms with Crippen LogP contribution in [0.3, 0.4) is 0 Å². The first-order valence-electron chi connectivity index (χ1n) is 10.8. The predicted octanol–water partition coefficient (Wildman–Crippen LogP) is 4.13. The van der Waals surface area contributed by atoms with E-state index in [1.807, 2.05) is 0 Å². The van der Waals surface area contributed by atoms with E-state index in [1.165, 1.54) is 26.3 Å². The molecule has 0 aromatic heterocycles. The van der Waals surface area contributed by atoms with Crippen molar-refractivity contribution in [2.45, 2.75) is 17.7 Å². The maximum atomic E-state index is 13.0. The molecule has 0 saturated carbocycles. The number of nitrogens with zero attached hydrogens (tertiary/aromatic N) is 1. The first-order valence-corrected chi connectivity index (χ1v) is 12.2. The SMILES string of the molecule is COc1ccccc1NC(=O)c1ccc(NC(=O)CCCN(C)S(=O)(=O)c2ccc(F)cc2)cc1. The molecule has 0 aliphatic rings. The highest BCUT2D eigenvalue weighted by Crippen LogP contribution is 2.24. The first-order chi connectivity index (χ1) is 16.7. The monoisotopic (exact) mass is 499 g/mol. The summed E-state index contributed by atoms with van der Waals surface area (Å²) in [5.41, 5.74) is 1.46. The number of nitrogens with one attached hydrogen (secondary N) is 2. The minimum absolute atomic E-state index is 0.0133. The second-order valence-corrected chi connectivity index (χ2v) is 9.71. The molecule has 3 rings (SSSR count). The van der Waals surface area contributed by atoms with Gasteiger partial charge in [-0.3, -0.25) is 9.59 Å². The van der Waals surface area contributed by atoms with Crippen molar-refractivity contribution in [1.82, 2.24) is 4.31 Å². The van der Waals surface area contributed by atoms with E-state index >= 15 is 0 Å². The number of ether oxygens (including phenoxy) is 1. The fraction of sp³-hybridized carbons (Fsp3) is 0.200. The molecule has 0 bridgehead atoms. The smallest absolute Gasteiger partial charge is 0.255 e. The summed E-state index contributed by atoms with van der Waals surface area (Å²) < 4.78 is 44.4. The maximum Gasteiger partial charge on any atom is 0.255 e. The molecule has 3 aromatic rings. The summed E-state index contributed by atoms with van der Waals surface area (Å²) in [6, 6.07) is 18.0. The van der Waals surface area contributed by atoms with Gasteiger partial charge < -0.3 is 15.4 Å². The number of anilines is 2. The van der Waals surface area contributed by atoms with Gasteiger partial charge in [0.05, 0.1) is 17.7 Å². The number of hydrogen-bond acceptors (Lipinski definition) is 5. The summed E-state index contributed by atoms with van der Waals surface area (Å²) in [5.74, 6) is -0.587. The van der Waals surface area contributed by atoms with Gasteiger partial charge in [0.1, 0.15) is 11.6 Å². The molecular weight excluding hydrogens is 473 g/mol. The molecule has 184 valence electrons. The van der Waals surface area contributed by atoms with Crippen molar-refractivity contribution in [3.05, 3.63) is 84.2 Å². The Morgan fingerprint density at radius 2 is 1.60 bits per heavy atom. The lowest BCUT2D eigenvalue weighted by molar-refractivity contribution is -0.116. The van der Waals surface area contributed by atoms with Crippen LogP contribution in [0.2, 0.25) is 0 Å². The Morgan fingerprint density at radius 1 is 0.943 bits per heavy atom. The van der Waals surface area contributed by atoms with E-state index in [4.69, 9.17) is 4.74 Å². The van der Waals surface area contributed by atoms with Gasteiger partial charge in [-0.15, -0.1) is 0 Å². The van der Waals surface area contributed by atoms with Crippen molar-refractivity contribution in [3.63, 3.8) is 0 Å². The minimum Gasteiger partial charge on any atom is -0.495 e. The van der Waals surface area contributed by atoms with Crippen LogP contribution in [0.25, 0.3) is 0 Å². The number of halogens is 1. The number of hydrogen-bond donors (Lipinski definition) is 2. The third kappa shape index (κ3) is 6.87. The number of amides is 2. The van der Waals surface area contributed by atoms with Crippen molar-refractivity contribution in [2.75, 3.05) is 31.3 Å². The molecule has 2 amide bonds. The van der Waals surface area contributed by atoms with E-state index in [1.54, 1.807) is 48.5 Å². The lowest BCUT2D eigenvalue weighted by Crippen LogP contribution is -2.28. The highest BCUT2D eigenvalue weighted by Gasteiger charge is 2.20. The maximum absolute atomic E-state index is 13.0. The fourth-order valence-corrected chi connectivity index (χ4v) is 4.45. The second kappa shape index (κ2) is 11.6. The fourth-order valence-electron chi connectivity index (χ4n) is 3.24. The molecule has 2 N–H and O–H groups in total. The number of sulfonamides is 1. The van der Waals surface area contributed by atoms with Crippen LogP contribution in [0.5, 0.6) is 5.75 Å². The van der Waals surface area contributed by atoms with Crippen LogP contribution < -0.4 is 15.4 Å². The predicted molar refractivity (Wildman–Crippen MR) is 131 cm³/mol. The lowest BCUT2D eigenvalue weighted by Gasteiger charge is -2.17. The zero-order valence-electron chi connectivity index (χ0n) is 19.3. The van der Waals surface area contributed by atoms with Gasteiger partial charge in [-0.25, -0.2) is 17.1 Å². The Labute approximate surface area is 203 Å². The molecule has 35 heavy (non-hydrogen) atoms. The van der Waals surface area contributed by atoms with Gasteiger partial charge in [-0.05, 0) is 67.1 Å². The normalized spacial score (nSPS) is 11.2. The molecule has 0 heterocycles. The van der Waals surface area contributed by atoms with Crippen molar-refractivity contribution in [3.8, 4) is 5.75 Å². The van der Waals surface area contributed by atoms with Crippen molar-refractivity contribution >= 4 is 33.2 Å². The second-order valence-electron chi connectivity index (χ2n) is 7.66. The average molecular weight is 500 g/mol. The standard InChI is InChI=1S/C25H26FN3O5S/c1-29(35(32,33)21-15-11-19(26)12-16-21)17-5-8-24(30)27-20-13-9-18(10-14-20)25(31)28-22-6-3-4-7-23(22)34-2/h3-4,6-7,9-16H,5,8,17H2,1-2H3,(H,27,30)(H,28,31). The molecular formula is C25H26FN3O5S. The molecule has 10 heteroatoms. The molecule has 0 atom stereocenters. The Bertz CT molecular complexity index is 1280. The molecule has 0 spiro atoms. The Balaban J connectivity index is 1.48. The van der Waals surface area contributed by atoms with Crippen LogP contribution in [0, 0.1) is 5.82 Å². The minimum atomic E-state index is -3.76. The van der Waals surface area contributed by atoms with Crippen LogP contribution in [0.4, 0.5) is 15.8 Å². The number of rotatable bonds is 10. The molecule has 0 aliphatic heterocycles. The van der Waals surface area contributed by atoms with Crippen LogP contribution in [0.1, 0.15) is 23.2 Å². The highest BCUT2D eigenvalue weighted by molar-refractivity contribution is 7.89. The van der Waals surface area contributed by atoms with Gasteiger partial charge in [-0.1, -0.05) is 12.1 Å². The third-order valence-corrected chi connectivity index (χ3v) is 7.06. The highest BCUT2D eigenvalue weighted by atomic mass is 32.2. The number of carbonyl (C=O) groups excluding carboxylic acids is 2. The number of benzene rings is 3. The topological polar surface area (TPSA) is 105 Å². The summed E-state index contributed by atoms with van der Waals surface area (Å²) in [6.07, 6.45) is 0.390. The quantitative estimate of drug-likeness (QED) is 0.437. The van der Waals surface area contributed by atoms with Crippen LogP contribution in [-0.4, -0.2) is 45.2 Å². The molecule has 0 fully saturated rings. The summed E-state index contributed by atoms with van der Waals surface area (Å²) in [5, 5.41) is 5.51. The zero-order chi connectivity index (χ0) is 25.4. The number of para-hydroxylation sites is 2. The molecule has 8 nitrogen and oxygen atoms in total. The summed E-state index contributed by atoms with van der Waals surface area (Å²) >= 11 is 0. The van der Waals surface area contributed by atoms with Gasteiger partial charge >= 0.3 is 0 Å². The zero-order valence-corrected chi connectivity index (χ0v) is 20.1. The Morgan fingerprint density at radius 3 is 2.26 bits per heavy atom. The van der Waals surface area contributed by atoms with Gasteiger partial charge in [0.25, 0.3) is 5.91 Å². The summed E-state index contributed by atoms with van der Waals surface area (Å²) in [6.45, 7) is 0.120. The van der Waals surface area contributed by atoms with E-state index in [-0.39, 0.29) is 29.7 Å². The summed E-state index contributed by atoms with van der Waals surface area (Å²) in [7, 11) is -0.836. The molecule has 0 unspecified atom stereocenters. The van der Waals surface area contributed by atoms with E-state index in [0.717, 1.165) is 16.4 Å². The van der Waals surface area contributed by atoms with Crippen molar-refractivity contribution in [1.29, 1.82) is 0 Å². The molecule has 0 radical (unpaired) electrons. The molecule has 0 aliphatic carbocycles. The molecule has 0 saturated heterocycles. The Kier molecular flexibility index (Phi) is 8.56. The van der Waals surface area contributed by atoms with Crippen molar-refractivity contribution in [2.24, 2.45) is 0 Å². The van der Waals surface area contributed by atoms with E-state index < -0.39 is 15.8 Å². The van der Waals surface area contributed by atoms with Gasteiger partial charge in [-0.2, -0.15) is 0 Å². The van der Waals surface area contributed by atoms with Gasteiger partial charge in [0, 0.05) is 31.3 Å². The van der Waals surface area contributed by atoms with Gasteiger partial charge in [0.15, 0.2) is 0 Å². The van der Waals surface area contributed by atoms with Crippen LogP contribution in [0.15, 0.2) is 77.7 Å². The number of methoxy groups -OCH3 is 1. The van der Waals surface area contributed by atoms with Crippen LogP contribution in [-0.2, 0) is 14.8 Å². The Hall–Kier alpha value is -3.76. The van der Waals surface area contributed by atoms with Gasteiger partial charge in [0.2, 0.25) is 15.9 Å². The number of carbonyl (C=O) groups is 2. The average Bonchev–Trinajstić information content (AvgIpc) is 2.85. The first kappa shape index (κ1) is 25.9. The third-order valence-electron chi connectivity index (χ3n) is 5.18. The summed E-state index contributed by atoms with van der Waals surface area (Å²) in [4.78, 5) is 24.7. The van der Waals surface area contributed by atoms with Crippen LogP contribution >= 0.6 is 0 Å². The largest absolute Gasteiger partial charge is 0.495 e. The van der Waals surface area contributed by atoms with Crippen molar-refractivity contribution < 1.29 is 27.1 Å². The molecule has 3 aromatic carbocycles. The van der Waals surface area contributed by atoms with E-state index in [0.29, 0.717) is 29.1 Å². The lowest BCUT2D eigenvalue weighted by atomic mass is 10.1. The van der Waals surface area contributed by atoms with E-state index in [9.17, 15) is 22.4 Å². The van der Waals surface area contributed by atoms with E-state index in [2.05, 4.69) is 10.6 Å².